The van der Waals surface area contributed by atoms with Crippen LogP contribution in [0.1, 0.15) is 12.5 Å². The fourth-order valence-electron chi connectivity index (χ4n) is 1.40. The zero-order valence-corrected chi connectivity index (χ0v) is 9.45. The van der Waals surface area contributed by atoms with Crippen LogP contribution in [-0.4, -0.2) is 16.7 Å². The third-order valence-corrected chi connectivity index (χ3v) is 2.20. The Bertz CT molecular complexity index is 536. The van der Waals surface area contributed by atoms with Crippen molar-refractivity contribution in [1.82, 2.24) is 10.1 Å². The zero-order chi connectivity index (χ0) is 13.2. The van der Waals surface area contributed by atoms with E-state index in [2.05, 4.69) is 15.5 Å². The maximum absolute atomic E-state index is 12.5. The summed E-state index contributed by atoms with van der Waals surface area (Å²) < 4.78 is 42.4. The number of alkyl halides is 3. The Balaban J connectivity index is 2.32. The first-order valence-electron chi connectivity index (χ1n) is 5.26. The van der Waals surface area contributed by atoms with Crippen LogP contribution in [0.3, 0.4) is 0 Å². The molecule has 18 heavy (non-hydrogen) atoms. The highest BCUT2D eigenvalue weighted by Gasteiger charge is 2.30. The van der Waals surface area contributed by atoms with E-state index in [1.165, 1.54) is 12.1 Å². The van der Waals surface area contributed by atoms with Gasteiger partial charge in [-0.2, -0.15) is 18.2 Å². The van der Waals surface area contributed by atoms with Crippen molar-refractivity contribution in [2.24, 2.45) is 0 Å². The van der Waals surface area contributed by atoms with Crippen LogP contribution in [-0.2, 0) is 6.18 Å². The SMILES string of the molecule is CCNc1nc(-c2cccc(C(F)(F)F)c2)no1. The molecule has 4 nitrogen and oxygen atoms in total. The summed E-state index contributed by atoms with van der Waals surface area (Å²) in [7, 11) is 0. The highest BCUT2D eigenvalue weighted by atomic mass is 19.4. The molecule has 96 valence electrons. The summed E-state index contributed by atoms with van der Waals surface area (Å²) in [4.78, 5) is 3.94. The van der Waals surface area contributed by atoms with E-state index < -0.39 is 11.7 Å². The number of hydrogen-bond acceptors (Lipinski definition) is 4. The molecule has 0 atom stereocenters. The molecule has 1 aromatic carbocycles. The van der Waals surface area contributed by atoms with Gasteiger partial charge in [0, 0.05) is 12.1 Å². The molecule has 1 aromatic heterocycles. The van der Waals surface area contributed by atoms with Crippen molar-refractivity contribution in [3.05, 3.63) is 29.8 Å². The van der Waals surface area contributed by atoms with Gasteiger partial charge in [0.15, 0.2) is 0 Å². The minimum absolute atomic E-state index is 0.122. The molecule has 0 bridgehead atoms. The van der Waals surface area contributed by atoms with Gasteiger partial charge in [-0.3, -0.25) is 0 Å². The second-order valence-corrected chi connectivity index (χ2v) is 3.53. The zero-order valence-electron chi connectivity index (χ0n) is 9.45. The van der Waals surface area contributed by atoms with Crippen molar-refractivity contribution < 1.29 is 17.7 Å². The smallest absolute Gasteiger partial charge is 0.338 e. The quantitative estimate of drug-likeness (QED) is 0.917. The van der Waals surface area contributed by atoms with Gasteiger partial charge in [-0.25, -0.2) is 0 Å². The average Bonchev–Trinajstić information content (AvgIpc) is 2.77. The van der Waals surface area contributed by atoms with Crippen LogP contribution in [0.25, 0.3) is 11.4 Å². The predicted molar refractivity (Wildman–Crippen MR) is 58.9 cm³/mol. The van der Waals surface area contributed by atoms with Crippen molar-refractivity contribution in [1.29, 1.82) is 0 Å². The van der Waals surface area contributed by atoms with Crippen LogP contribution in [0.2, 0.25) is 0 Å². The fourth-order valence-corrected chi connectivity index (χ4v) is 1.40. The van der Waals surface area contributed by atoms with Crippen LogP contribution in [0, 0.1) is 0 Å². The third kappa shape index (κ3) is 2.61. The Morgan fingerprint density at radius 2 is 2.11 bits per heavy atom. The molecule has 0 aliphatic carbocycles. The van der Waals surface area contributed by atoms with Gasteiger partial charge in [0.2, 0.25) is 5.82 Å². The highest BCUT2D eigenvalue weighted by molar-refractivity contribution is 5.56. The lowest BCUT2D eigenvalue weighted by molar-refractivity contribution is -0.137. The molecule has 0 saturated carbocycles. The summed E-state index contributed by atoms with van der Waals surface area (Å²) in [5, 5.41) is 6.39. The van der Waals surface area contributed by atoms with Gasteiger partial charge in [0.25, 0.3) is 0 Å². The molecule has 0 spiro atoms. The highest BCUT2D eigenvalue weighted by Crippen LogP contribution is 2.31. The summed E-state index contributed by atoms with van der Waals surface area (Å²) >= 11 is 0. The van der Waals surface area contributed by atoms with E-state index >= 15 is 0 Å². The number of aromatic nitrogens is 2. The monoisotopic (exact) mass is 257 g/mol. The molecule has 0 radical (unpaired) electrons. The maximum atomic E-state index is 12.5. The Morgan fingerprint density at radius 3 is 2.78 bits per heavy atom. The number of halogens is 3. The lowest BCUT2D eigenvalue weighted by atomic mass is 10.1. The average molecular weight is 257 g/mol. The van der Waals surface area contributed by atoms with E-state index in [9.17, 15) is 13.2 Å². The van der Waals surface area contributed by atoms with Gasteiger partial charge < -0.3 is 9.84 Å². The van der Waals surface area contributed by atoms with E-state index in [-0.39, 0.29) is 17.4 Å². The Kier molecular flexibility index (Phi) is 3.22. The van der Waals surface area contributed by atoms with Gasteiger partial charge in [-0.15, -0.1) is 0 Å². The molecule has 2 rings (SSSR count). The summed E-state index contributed by atoms with van der Waals surface area (Å²) in [5.41, 5.74) is -0.479. The summed E-state index contributed by atoms with van der Waals surface area (Å²) in [6.45, 7) is 2.43. The number of hydrogen-bond donors (Lipinski definition) is 1. The summed E-state index contributed by atoms with van der Waals surface area (Å²) in [5.74, 6) is 0.122. The van der Waals surface area contributed by atoms with Gasteiger partial charge in [-0.1, -0.05) is 17.3 Å². The second kappa shape index (κ2) is 4.67. The molecular formula is C11H10F3N3O. The first kappa shape index (κ1) is 12.4. The molecule has 2 aromatic rings. The Morgan fingerprint density at radius 1 is 1.33 bits per heavy atom. The van der Waals surface area contributed by atoms with Crippen LogP contribution >= 0.6 is 0 Å². The number of nitrogens with zero attached hydrogens (tertiary/aromatic N) is 2. The largest absolute Gasteiger partial charge is 0.416 e. The van der Waals surface area contributed by atoms with Crippen LogP contribution < -0.4 is 5.32 Å². The lowest BCUT2D eigenvalue weighted by Gasteiger charge is -2.06. The van der Waals surface area contributed by atoms with Crippen LogP contribution in [0.15, 0.2) is 28.8 Å². The molecular weight excluding hydrogens is 247 g/mol. The third-order valence-electron chi connectivity index (χ3n) is 2.20. The molecule has 0 aliphatic heterocycles. The molecule has 0 saturated heterocycles. The predicted octanol–water partition coefficient (Wildman–Crippen LogP) is 3.19. The molecule has 1 N–H and O–H groups in total. The van der Waals surface area contributed by atoms with E-state index in [1.54, 1.807) is 0 Å². The Labute approximate surface area is 101 Å². The number of benzene rings is 1. The van der Waals surface area contributed by atoms with E-state index in [1.807, 2.05) is 6.92 Å². The van der Waals surface area contributed by atoms with Crippen molar-refractivity contribution >= 4 is 6.01 Å². The van der Waals surface area contributed by atoms with E-state index in [4.69, 9.17) is 4.52 Å². The topological polar surface area (TPSA) is 51.0 Å². The van der Waals surface area contributed by atoms with Gasteiger partial charge in [0.05, 0.1) is 5.56 Å². The molecule has 1 heterocycles. The van der Waals surface area contributed by atoms with Crippen molar-refractivity contribution in [3.8, 4) is 11.4 Å². The van der Waals surface area contributed by atoms with E-state index in [0.717, 1.165) is 12.1 Å². The number of rotatable bonds is 3. The Hall–Kier alpha value is -2.05. The molecule has 0 unspecified atom stereocenters. The van der Waals surface area contributed by atoms with Gasteiger partial charge >= 0.3 is 12.2 Å². The number of anilines is 1. The minimum atomic E-state index is -4.38. The maximum Gasteiger partial charge on any atom is 0.416 e. The summed E-state index contributed by atoms with van der Waals surface area (Å²) in [6.07, 6.45) is -4.38. The minimum Gasteiger partial charge on any atom is -0.338 e. The van der Waals surface area contributed by atoms with Crippen molar-refractivity contribution in [2.45, 2.75) is 13.1 Å². The van der Waals surface area contributed by atoms with Crippen molar-refractivity contribution in [3.63, 3.8) is 0 Å². The molecule has 7 heteroatoms. The second-order valence-electron chi connectivity index (χ2n) is 3.53. The lowest BCUT2D eigenvalue weighted by Crippen LogP contribution is -2.04. The molecule has 0 aliphatic rings. The number of nitrogens with one attached hydrogen (secondary N) is 1. The molecule has 0 fully saturated rings. The van der Waals surface area contributed by atoms with Crippen LogP contribution in [0.5, 0.6) is 0 Å². The van der Waals surface area contributed by atoms with Gasteiger partial charge in [-0.05, 0) is 19.1 Å². The standard InChI is InChI=1S/C11H10F3N3O/c1-2-15-10-16-9(17-18-10)7-4-3-5-8(6-7)11(12,13)14/h3-6H,2H2,1H3,(H,15,16,17). The first-order chi connectivity index (χ1) is 8.50. The fraction of sp³-hybridized carbons (Fsp3) is 0.273. The first-order valence-corrected chi connectivity index (χ1v) is 5.26. The normalized spacial score (nSPS) is 11.6. The van der Waals surface area contributed by atoms with E-state index in [0.29, 0.717) is 6.54 Å². The van der Waals surface area contributed by atoms with Gasteiger partial charge in [0.1, 0.15) is 0 Å². The summed E-state index contributed by atoms with van der Waals surface area (Å²) in [6, 6.07) is 4.97. The molecule has 0 amide bonds. The van der Waals surface area contributed by atoms with Crippen molar-refractivity contribution in [2.75, 3.05) is 11.9 Å². The van der Waals surface area contributed by atoms with Crippen LogP contribution in [0.4, 0.5) is 19.2 Å².